The Morgan fingerprint density at radius 3 is 1.94 bits per heavy atom. The van der Waals surface area contributed by atoms with Gasteiger partial charge in [0.05, 0.1) is 27.4 Å². The predicted octanol–water partition coefficient (Wildman–Crippen LogP) is 1.68. The van der Waals surface area contributed by atoms with Gasteiger partial charge in [-0.25, -0.2) is 0 Å². The van der Waals surface area contributed by atoms with Gasteiger partial charge in [-0.3, -0.25) is 0 Å². The molecule has 0 bridgehead atoms. The third kappa shape index (κ3) is 2.54. The number of aliphatic hydroxyl groups excluding tert-OH is 1. The predicted molar refractivity (Wildman–Crippen MR) is 64.9 cm³/mol. The summed E-state index contributed by atoms with van der Waals surface area (Å²) in [5.41, 5.74) is 0.685. The lowest BCUT2D eigenvalue weighted by Gasteiger charge is -2.16. The lowest BCUT2D eigenvalue weighted by molar-refractivity contribution is 0.203. The van der Waals surface area contributed by atoms with Crippen molar-refractivity contribution in [2.75, 3.05) is 27.1 Å². The molecule has 4 nitrogen and oxygen atoms in total. The normalized spacial score (nSPS) is 12.1. The molecule has 5 heteroatoms. The molecule has 0 radical (unpaired) electrons. The lowest BCUT2D eigenvalue weighted by atomic mass is 10.1. The van der Waals surface area contributed by atoms with Gasteiger partial charge < -0.3 is 19.3 Å². The lowest BCUT2D eigenvalue weighted by Crippen LogP contribution is -2.02. The van der Waals surface area contributed by atoms with Crippen LogP contribution < -0.4 is 14.2 Å². The van der Waals surface area contributed by atoms with Crippen LogP contribution in [0.1, 0.15) is 11.7 Å². The second kappa shape index (κ2) is 5.86. The van der Waals surface area contributed by atoms with Gasteiger partial charge in [0, 0.05) is 5.75 Å². The number of benzene rings is 1. The molecular weight excluding hydrogens is 228 g/mol. The van der Waals surface area contributed by atoms with E-state index in [2.05, 4.69) is 12.6 Å². The Balaban J connectivity index is 3.25. The third-order valence-corrected chi connectivity index (χ3v) is 2.59. The Bertz CT molecular complexity index is 329. The van der Waals surface area contributed by atoms with Crippen molar-refractivity contribution in [2.24, 2.45) is 0 Å². The number of rotatable bonds is 5. The summed E-state index contributed by atoms with van der Waals surface area (Å²) in [6.45, 7) is 0. The number of hydrogen-bond acceptors (Lipinski definition) is 5. The maximum Gasteiger partial charge on any atom is 0.203 e. The molecule has 1 atom stereocenters. The smallest absolute Gasteiger partial charge is 0.203 e. The first-order valence-electron chi connectivity index (χ1n) is 4.76. The number of ether oxygens (including phenoxy) is 3. The van der Waals surface area contributed by atoms with Crippen molar-refractivity contribution >= 4 is 12.6 Å². The maximum absolute atomic E-state index is 9.70. The monoisotopic (exact) mass is 244 g/mol. The van der Waals surface area contributed by atoms with E-state index in [0.29, 0.717) is 28.6 Å². The van der Waals surface area contributed by atoms with Crippen LogP contribution in [0.2, 0.25) is 0 Å². The second-order valence-electron chi connectivity index (χ2n) is 3.16. The maximum atomic E-state index is 9.70. The average Bonchev–Trinajstić information content (AvgIpc) is 2.35. The van der Waals surface area contributed by atoms with E-state index in [4.69, 9.17) is 14.2 Å². The summed E-state index contributed by atoms with van der Waals surface area (Å²) in [4.78, 5) is 0. The highest BCUT2D eigenvalue weighted by Crippen LogP contribution is 2.39. The molecule has 1 aromatic carbocycles. The highest BCUT2D eigenvalue weighted by molar-refractivity contribution is 7.80. The van der Waals surface area contributed by atoms with E-state index in [1.54, 1.807) is 12.1 Å². The molecule has 0 aliphatic heterocycles. The zero-order valence-corrected chi connectivity index (χ0v) is 10.5. The van der Waals surface area contributed by atoms with Crippen molar-refractivity contribution in [3.63, 3.8) is 0 Å². The molecule has 0 fully saturated rings. The fraction of sp³-hybridized carbons (Fsp3) is 0.455. The van der Waals surface area contributed by atoms with Gasteiger partial charge in [-0.2, -0.15) is 12.6 Å². The van der Waals surface area contributed by atoms with Crippen molar-refractivity contribution in [1.29, 1.82) is 0 Å². The fourth-order valence-electron chi connectivity index (χ4n) is 1.40. The first-order valence-corrected chi connectivity index (χ1v) is 5.40. The molecule has 0 amide bonds. The van der Waals surface area contributed by atoms with E-state index in [-0.39, 0.29) is 0 Å². The minimum atomic E-state index is -0.656. The van der Waals surface area contributed by atoms with Gasteiger partial charge >= 0.3 is 0 Å². The summed E-state index contributed by atoms with van der Waals surface area (Å²) in [5.74, 6) is 1.90. The Hall–Kier alpha value is -1.07. The largest absolute Gasteiger partial charge is 0.493 e. The fourth-order valence-corrected chi connectivity index (χ4v) is 1.61. The minimum Gasteiger partial charge on any atom is -0.493 e. The number of thiol groups is 1. The summed E-state index contributed by atoms with van der Waals surface area (Å²) in [7, 11) is 4.61. The van der Waals surface area contributed by atoms with Crippen molar-refractivity contribution in [3.8, 4) is 17.2 Å². The van der Waals surface area contributed by atoms with E-state index >= 15 is 0 Å². The highest BCUT2D eigenvalue weighted by Gasteiger charge is 2.16. The molecule has 0 saturated carbocycles. The van der Waals surface area contributed by atoms with Gasteiger partial charge in [0.15, 0.2) is 11.5 Å². The van der Waals surface area contributed by atoms with Crippen LogP contribution in [-0.2, 0) is 0 Å². The third-order valence-electron chi connectivity index (χ3n) is 2.24. The Kier molecular flexibility index (Phi) is 4.76. The van der Waals surface area contributed by atoms with Crippen LogP contribution in [0.4, 0.5) is 0 Å². The highest BCUT2D eigenvalue weighted by atomic mass is 32.1. The minimum absolute atomic E-state index is 0.332. The van der Waals surface area contributed by atoms with Gasteiger partial charge in [-0.1, -0.05) is 0 Å². The van der Waals surface area contributed by atoms with E-state index in [0.717, 1.165) is 0 Å². The van der Waals surface area contributed by atoms with Gasteiger partial charge in [-0.15, -0.1) is 0 Å². The zero-order chi connectivity index (χ0) is 12.1. The summed E-state index contributed by atoms with van der Waals surface area (Å²) in [5, 5.41) is 9.70. The van der Waals surface area contributed by atoms with Crippen LogP contribution >= 0.6 is 12.6 Å². The Labute approximate surface area is 101 Å². The quantitative estimate of drug-likeness (QED) is 0.774. The summed E-state index contributed by atoms with van der Waals surface area (Å²) < 4.78 is 15.5. The molecule has 0 heterocycles. The molecule has 1 unspecified atom stereocenters. The van der Waals surface area contributed by atoms with Crippen molar-refractivity contribution in [1.82, 2.24) is 0 Å². The van der Waals surface area contributed by atoms with Crippen molar-refractivity contribution in [2.45, 2.75) is 6.10 Å². The number of methoxy groups -OCH3 is 3. The molecule has 0 spiro atoms. The number of hydrogen-bond donors (Lipinski definition) is 2. The summed E-state index contributed by atoms with van der Waals surface area (Å²) in [6.07, 6.45) is -0.656. The van der Waals surface area contributed by atoms with Crippen LogP contribution in [0.5, 0.6) is 17.2 Å². The molecule has 0 aliphatic carbocycles. The van der Waals surface area contributed by atoms with Crippen molar-refractivity contribution < 1.29 is 19.3 Å². The summed E-state index contributed by atoms with van der Waals surface area (Å²) >= 11 is 4.04. The Morgan fingerprint density at radius 1 is 1.12 bits per heavy atom. The molecule has 0 aliphatic rings. The first kappa shape index (κ1) is 13.0. The van der Waals surface area contributed by atoms with Gasteiger partial charge in [0.1, 0.15) is 0 Å². The molecule has 16 heavy (non-hydrogen) atoms. The van der Waals surface area contributed by atoms with Crippen LogP contribution in [0.25, 0.3) is 0 Å². The first-order chi connectivity index (χ1) is 7.67. The number of aliphatic hydroxyl groups is 1. The SMILES string of the molecule is COc1cc(C(O)CS)cc(OC)c1OC. The van der Waals surface area contributed by atoms with Gasteiger partial charge in [0.2, 0.25) is 5.75 Å². The molecule has 0 saturated heterocycles. The molecule has 1 rings (SSSR count). The summed E-state index contributed by atoms with van der Waals surface area (Å²) in [6, 6.07) is 3.42. The van der Waals surface area contributed by atoms with E-state index < -0.39 is 6.10 Å². The Morgan fingerprint density at radius 2 is 1.62 bits per heavy atom. The zero-order valence-electron chi connectivity index (χ0n) is 9.56. The van der Waals surface area contributed by atoms with E-state index in [9.17, 15) is 5.11 Å². The van der Waals surface area contributed by atoms with E-state index in [1.165, 1.54) is 21.3 Å². The molecule has 1 aromatic rings. The van der Waals surface area contributed by atoms with E-state index in [1.807, 2.05) is 0 Å². The second-order valence-corrected chi connectivity index (χ2v) is 3.52. The molecule has 90 valence electrons. The van der Waals surface area contributed by atoms with Crippen molar-refractivity contribution in [3.05, 3.63) is 17.7 Å². The molecular formula is C11H16O4S. The van der Waals surface area contributed by atoms with Crippen LogP contribution in [0.3, 0.4) is 0 Å². The van der Waals surface area contributed by atoms with Gasteiger partial charge in [0.25, 0.3) is 0 Å². The van der Waals surface area contributed by atoms with Crippen LogP contribution in [0.15, 0.2) is 12.1 Å². The topological polar surface area (TPSA) is 47.9 Å². The molecule has 0 aromatic heterocycles. The van der Waals surface area contributed by atoms with Gasteiger partial charge in [-0.05, 0) is 17.7 Å². The molecule has 1 N–H and O–H groups in total. The average molecular weight is 244 g/mol. The van der Waals surface area contributed by atoms with Crippen LogP contribution in [0, 0.1) is 0 Å². The standard InChI is InChI=1S/C11H16O4S/c1-13-9-4-7(8(12)6-16)5-10(14-2)11(9)15-3/h4-5,8,12,16H,6H2,1-3H3. The van der Waals surface area contributed by atoms with Crippen LogP contribution in [-0.4, -0.2) is 32.2 Å².